The van der Waals surface area contributed by atoms with Crippen LogP contribution in [-0.4, -0.2) is 52.9 Å². The van der Waals surface area contributed by atoms with Gasteiger partial charge in [0.05, 0.1) is 5.41 Å². The maximum Gasteiger partial charge on any atom is 0.230 e. The van der Waals surface area contributed by atoms with E-state index >= 15 is 0 Å². The summed E-state index contributed by atoms with van der Waals surface area (Å²) in [6, 6.07) is 0. The predicted octanol–water partition coefficient (Wildman–Crippen LogP) is 2.49. The average molecular weight is 398 g/mol. The van der Waals surface area contributed by atoms with Gasteiger partial charge in [0.2, 0.25) is 11.0 Å². The fourth-order valence-electron chi connectivity index (χ4n) is 2.99. The normalized spacial score (nSPS) is 15.3. The third-order valence-corrected chi connectivity index (χ3v) is 5.64. The quantitative estimate of drug-likeness (QED) is 0.825. The average Bonchev–Trinajstić information content (AvgIpc) is 2.83. The third-order valence-electron chi connectivity index (χ3n) is 4.77. The molecule has 0 saturated carbocycles. The number of hydrogen-bond acceptors (Lipinski definition) is 6. The molecule has 1 aromatic heterocycles. The van der Waals surface area contributed by atoms with Gasteiger partial charge in [-0.2, -0.15) is 4.37 Å². The summed E-state index contributed by atoms with van der Waals surface area (Å²) in [6.45, 7) is 9.72. The summed E-state index contributed by atoms with van der Waals surface area (Å²) in [4.78, 5) is 21.6. The van der Waals surface area contributed by atoms with Crippen LogP contribution in [-0.2, 0) is 4.79 Å². The molecule has 24 heavy (non-hydrogen) atoms. The van der Waals surface area contributed by atoms with Crippen LogP contribution in [0, 0.1) is 12.3 Å². The number of nitrogens with zero attached hydrogens (tertiary/aromatic N) is 4. The summed E-state index contributed by atoms with van der Waals surface area (Å²) in [5, 5.41) is 0.961. The molecule has 0 radical (unpaired) electrons. The fraction of sp³-hybridized carbons (Fsp3) is 0.800. The lowest BCUT2D eigenvalue weighted by Gasteiger charge is -2.34. The number of halogens is 2. The molecule has 140 valence electrons. The summed E-state index contributed by atoms with van der Waals surface area (Å²) in [7, 11) is 0. The first kappa shape index (κ1) is 23.4. The monoisotopic (exact) mass is 397 g/mol. The Balaban J connectivity index is 0.00000264. The summed E-state index contributed by atoms with van der Waals surface area (Å²) < 4.78 is 4.25. The lowest BCUT2D eigenvalue weighted by Crippen LogP contribution is -2.48. The van der Waals surface area contributed by atoms with Crippen LogP contribution in [0.4, 0.5) is 5.13 Å². The van der Waals surface area contributed by atoms with Gasteiger partial charge in [0.1, 0.15) is 5.82 Å². The number of rotatable bonds is 5. The second kappa shape index (κ2) is 10.4. The highest BCUT2D eigenvalue weighted by molar-refractivity contribution is 7.09. The van der Waals surface area contributed by atoms with Crippen molar-refractivity contribution in [2.24, 2.45) is 11.1 Å². The van der Waals surface area contributed by atoms with Gasteiger partial charge in [-0.25, -0.2) is 4.98 Å². The van der Waals surface area contributed by atoms with Crippen molar-refractivity contribution in [1.82, 2.24) is 14.3 Å². The summed E-state index contributed by atoms with van der Waals surface area (Å²) in [5.74, 6) is 1.03. The molecule has 2 N–H and O–H groups in total. The number of hydrogen-bond donors (Lipinski definition) is 1. The Morgan fingerprint density at radius 1 is 1.21 bits per heavy atom. The van der Waals surface area contributed by atoms with Crippen molar-refractivity contribution >= 4 is 47.4 Å². The minimum absolute atomic E-state index is 0. The number of carbonyl (C=O) groups is 1. The Kier molecular flexibility index (Phi) is 10.1. The van der Waals surface area contributed by atoms with Gasteiger partial charge in [0.25, 0.3) is 0 Å². The lowest BCUT2D eigenvalue weighted by molar-refractivity contribution is -0.142. The van der Waals surface area contributed by atoms with Crippen LogP contribution in [0.15, 0.2) is 0 Å². The molecule has 0 spiro atoms. The highest BCUT2D eigenvalue weighted by Gasteiger charge is 2.37. The second-order valence-electron chi connectivity index (χ2n) is 5.95. The summed E-state index contributed by atoms with van der Waals surface area (Å²) >= 11 is 1.44. The van der Waals surface area contributed by atoms with Gasteiger partial charge in [0.15, 0.2) is 0 Å². The summed E-state index contributed by atoms with van der Waals surface area (Å²) in [5.41, 5.74) is 5.53. The third kappa shape index (κ3) is 4.94. The Morgan fingerprint density at radius 3 is 2.38 bits per heavy atom. The van der Waals surface area contributed by atoms with Crippen molar-refractivity contribution in [3.05, 3.63) is 5.82 Å². The SMILES string of the molecule is CCC(CC)(CN)C(=O)N1CCCN(c2nc(C)ns2)CC1.Cl.Cl. The van der Waals surface area contributed by atoms with E-state index in [-0.39, 0.29) is 30.7 Å². The first-order valence-corrected chi connectivity index (χ1v) is 8.88. The molecule has 1 fully saturated rings. The number of aromatic nitrogens is 2. The van der Waals surface area contributed by atoms with Crippen molar-refractivity contribution in [3.63, 3.8) is 0 Å². The van der Waals surface area contributed by atoms with E-state index in [0.29, 0.717) is 6.54 Å². The van der Waals surface area contributed by atoms with Gasteiger partial charge < -0.3 is 15.5 Å². The first-order valence-electron chi connectivity index (χ1n) is 8.11. The van der Waals surface area contributed by atoms with E-state index in [1.54, 1.807) is 0 Å². The standard InChI is InChI=1S/C15H27N5OS.2ClH/c1-4-15(5-2,11-16)13(21)19-7-6-8-20(10-9-19)14-17-12(3)18-22-14;;/h4-11,16H2,1-3H3;2*1H. The fourth-order valence-corrected chi connectivity index (χ4v) is 3.72. The highest BCUT2D eigenvalue weighted by atomic mass is 35.5. The van der Waals surface area contributed by atoms with Crippen molar-refractivity contribution in [2.75, 3.05) is 37.6 Å². The molecule has 9 heteroatoms. The number of amides is 1. The number of aryl methyl sites for hydroxylation is 1. The van der Waals surface area contributed by atoms with E-state index < -0.39 is 5.41 Å². The molecule has 2 rings (SSSR count). The number of carbonyl (C=O) groups excluding carboxylic acids is 1. The van der Waals surface area contributed by atoms with Gasteiger partial charge in [-0.05, 0) is 26.2 Å². The van der Waals surface area contributed by atoms with E-state index in [2.05, 4.69) is 28.1 Å². The number of anilines is 1. The van der Waals surface area contributed by atoms with Gasteiger partial charge in [-0.15, -0.1) is 24.8 Å². The van der Waals surface area contributed by atoms with E-state index in [4.69, 9.17) is 5.73 Å². The Bertz CT molecular complexity index is 502. The molecule has 1 aliphatic rings. The minimum atomic E-state index is -0.394. The first-order chi connectivity index (χ1) is 10.6. The zero-order chi connectivity index (χ0) is 16.2. The van der Waals surface area contributed by atoms with Crippen molar-refractivity contribution in [2.45, 2.75) is 40.0 Å². The smallest absolute Gasteiger partial charge is 0.230 e. The molecular weight excluding hydrogens is 369 g/mol. The Labute approximate surface area is 161 Å². The van der Waals surface area contributed by atoms with Gasteiger partial charge in [-0.3, -0.25) is 4.79 Å². The molecule has 2 heterocycles. The molecule has 0 bridgehead atoms. The maximum absolute atomic E-state index is 12.9. The highest BCUT2D eigenvalue weighted by Crippen LogP contribution is 2.28. The van der Waals surface area contributed by atoms with Crippen LogP contribution in [0.2, 0.25) is 0 Å². The molecule has 6 nitrogen and oxygen atoms in total. The molecule has 0 aliphatic carbocycles. The van der Waals surface area contributed by atoms with Crippen molar-refractivity contribution < 1.29 is 4.79 Å². The van der Waals surface area contributed by atoms with Gasteiger partial charge >= 0.3 is 0 Å². The van der Waals surface area contributed by atoms with Crippen LogP contribution in [0.3, 0.4) is 0 Å². The van der Waals surface area contributed by atoms with Crippen LogP contribution in [0.1, 0.15) is 38.9 Å². The predicted molar refractivity (Wildman–Crippen MR) is 105 cm³/mol. The van der Waals surface area contributed by atoms with Gasteiger partial charge in [-0.1, -0.05) is 13.8 Å². The van der Waals surface area contributed by atoms with E-state index in [0.717, 1.165) is 56.4 Å². The number of nitrogens with two attached hydrogens (primary N) is 1. The minimum Gasteiger partial charge on any atom is -0.345 e. The zero-order valence-corrected chi connectivity index (χ0v) is 17.1. The molecule has 1 aliphatic heterocycles. The molecule has 1 saturated heterocycles. The van der Waals surface area contributed by atoms with Crippen LogP contribution < -0.4 is 10.6 Å². The zero-order valence-electron chi connectivity index (χ0n) is 14.7. The van der Waals surface area contributed by atoms with Crippen LogP contribution >= 0.6 is 36.3 Å². The van der Waals surface area contributed by atoms with Crippen LogP contribution in [0.25, 0.3) is 0 Å². The van der Waals surface area contributed by atoms with Crippen molar-refractivity contribution in [3.8, 4) is 0 Å². The Hall–Kier alpha value is -0.630. The second-order valence-corrected chi connectivity index (χ2v) is 6.68. The maximum atomic E-state index is 12.9. The van der Waals surface area contributed by atoms with Gasteiger partial charge in [0, 0.05) is 44.3 Å². The topological polar surface area (TPSA) is 75.4 Å². The van der Waals surface area contributed by atoms with E-state index in [1.807, 2.05) is 11.8 Å². The van der Waals surface area contributed by atoms with Crippen LogP contribution in [0.5, 0.6) is 0 Å². The molecule has 0 aromatic carbocycles. The molecule has 1 amide bonds. The lowest BCUT2D eigenvalue weighted by atomic mass is 9.81. The van der Waals surface area contributed by atoms with Crippen molar-refractivity contribution in [1.29, 1.82) is 0 Å². The molecule has 1 aromatic rings. The van der Waals surface area contributed by atoms with E-state index in [9.17, 15) is 4.79 Å². The Morgan fingerprint density at radius 2 is 1.88 bits per heavy atom. The van der Waals surface area contributed by atoms with E-state index in [1.165, 1.54) is 11.5 Å². The molecule has 0 unspecified atom stereocenters. The largest absolute Gasteiger partial charge is 0.345 e. The molecular formula is C15H29Cl2N5OS. The summed E-state index contributed by atoms with van der Waals surface area (Å²) in [6.07, 6.45) is 2.56. The molecule has 0 atom stereocenters.